The van der Waals surface area contributed by atoms with Crippen molar-refractivity contribution in [3.63, 3.8) is 0 Å². The summed E-state index contributed by atoms with van der Waals surface area (Å²) in [5.74, 6) is -1.21. The molecule has 0 fully saturated rings. The molecule has 0 unspecified atom stereocenters. The summed E-state index contributed by atoms with van der Waals surface area (Å²) in [5.41, 5.74) is 0.246. The molecule has 0 aliphatic rings. The largest absolute Gasteiger partial charge is 0.463 e. The average molecular weight is 625 g/mol. The van der Waals surface area contributed by atoms with E-state index in [1.165, 1.54) is 147 Å². The van der Waals surface area contributed by atoms with Crippen LogP contribution >= 0.6 is 0 Å². The van der Waals surface area contributed by atoms with Gasteiger partial charge in [-0.15, -0.1) is 0 Å². The van der Waals surface area contributed by atoms with Crippen molar-refractivity contribution in [1.29, 1.82) is 0 Å². The van der Waals surface area contributed by atoms with Crippen molar-refractivity contribution in [2.24, 2.45) is 0 Å². The van der Waals surface area contributed by atoms with E-state index >= 15 is 0 Å². The maximum Gasteiger partial charge on any atom is 0.334 e. The van der Waals surface area contributed by atoms with Crippen LogP contribution in [0.2, 0.25) is 0 Å². The molecule has 0 amide bonds. The van der Waals surface area contributed by atoms with Crippen molar-refractivity contribution in [2.45, 2.75) is 206 Å². The minimum Gasteiger partial charge on any atom is -0.463 e. The molecule has 0 spiro atoms. The molecule has 0 aliphatic heterocycles. The fourth-order valence-electron chi connectivity index (χ4n) is 5.64. The monoisotopic (exact) mass is 625 g/mol. The second-order valence-electron chi connectivity index (χ2n) is 12.9. The molecular formula is C38H72O6. The first-order chi connectivity index (χ1) is 21.5. The van der Waals surface area contributed by atoms with Gasteiger partial charge in [-0.3, -0.25) is 0 Å². The van der Waals surface area contributed by atoms with Crippen LogP contribution in [-0.2, 0) is 19.1 Å². The number of hydrogen-bond donors (Lipinski definition) is 2. The lowest BCUT2D eigenvalue weighted by Crippen LogP contribution is -2.19. The number of aliphatic hydroxyl groups excluding tert-OH is 1. The number of carbonyl (C=O) groups is 2. The van der Waals surface area contributed by atoms with E-state index in [1.807, 2.05) is 0 Å². The molecule has 44 heavy (non-hydrogen) atoms. The number of hydrogen-bond acceptors (Lipinski definition) is 6. The Morgan fingerprint density at radius 2 is 0.841 bits per heavy atom. The molecule has 0 saturated heterocycles. The Hall–Kier alpha value is -1.40. The topological polar surface area (TPSA) is 93.1 Å². The van der Waals surface area contributed by atoms with Crippen molar-refractivity contribution >= 4 is 11.9 Å². The molecule has 0 rings (SSSR count). The van der Waals surface area contributed by atoms with Crippen LogP contribution in [0, 0.1) is 0 Å². The average Bonchev–Trinajstić information content (AvgIpc) is 3.01. The molecular weight excluding hydrogens is 552 g/mol. The molecule has 0 saturated carbocycles. The number of rotatable bonds is 34. The molecule has 0 bridgehead atoms. The number of carbonyl (C=O) groups excluding carboxylic acids is 2. The van der Waals surface area contributed by atoms with E-state index in [0.717, 1.165) is 38.5 Å². The Kier molecular flexibility index (Phi) is 33.4. The van der Waals surface area contributed by atoms with Crippen LogP contribution in [0.3, 0.4) is 0 Å². The van der Waals surface area contributed by atoms with Gasteiger partial charge in [0.1, 0.15) is 6.61 Å². The van der Waals surface area contributed by atoms with Crippen LogP contribution in [0.4, 0.5) is 0 Å². The van der Waals surface area contributed by atoms with Gasteiger partial charge in [-0.1, -0.05) is 181 Å². The summed E-state index contributed by atoms with van der Waals surface area (Å²) >= 11 is 0. The molecule has 6 nitrogen and oxygen atoms in total. The first-order valence-electron chi connectivity index (χ1n) is 18.9. The third-order valence-electron chi connectivity index (χ3n) is 8.46. The molecule has 0 aromatic heterocycles. The third kappa shape index (κ3) is 32.0. The normalized spacial score (nSPS) is 11.8. The predicted octanol–water partition coefficient (Wildman–Crippen LogP) is 10.7. The van der Waals surface area contributed by atoms with E-state index < -0.39 is 24.8 Å². The summed E-state index contributed by atoms with van der Waals surface area (Å²) in [6, 6.07) is 0. The van der Waals surface area contributed by atoms with Gasteiger partial charge < -0.3 is 19.7 Å². The first kappa shape index (κ1) is 42.6. The van der Waals surface area contributed by atoms with E-state index in [0.29, 0.717) is 13.0 Å². The van der Waals surface area contributed by atoms with E-state index in [9.17, 15) is 9.59 Å². The lowest BCUT2D eigenvalue weighted by Gasteiger charge is -2.10. The first-order valence-corrected chi connectivity index (χ1v) is 18.9. The van der Waals surface area contributed by atoms with Gasteiger partial charge in [-0.25, -0.2) is 9.59 Å². The Labute approximate surface area is 272 Å². The summed E-state index contributed by atoms with van der Waals surface area (Å²) in [5, 5.41) is 18.1. The van der Waals surface area contributed by atoms with E-state index in [2.05, 4.69) is 13.8 Å². The summed E-state index contributed by atoms with van der Waals surface area (Å²) < 4.78 is 10.3. The summed E-state index contributed by atoms with van der Waals surface area (Å²) in [6.45, 7) is 4.36. The number of ether oxygens (including phenoxy) is 2. The number of esters is 2. The van der Waals surface area contributed by atoms with Crippen molar-refractivity contribution in [3.8, 4) is 0 Å². The summed E-state index contributed by atoms with van der Waals surface area (Å²) in [6.07, 6.45) is 35.2. The second-order valence-corrected chi connectivity index (χ2v) is 12.9. The Morgan fingerprint density at radius 1 is 0.500 bits per heavy atom. The zero-order valence-corrected chi connectivity index (χ0v) is 29.1. The highest BCUT2D eigenvalue weighted by Gasteiger charge is 2.15. The van der Waals surface area contributed by atoms with Crippen LogP contribution < -0.4 is 0 Å². The van der Waals surface area contributed by atoms with Gasteiger partial charge in [0.2, 0.25) is 0 Å². The van der Waals surface area contributed by atoms with Gasteiger partial charge in [-0.2, -0.15) is 0 Å². The molecule has 0 heterocycles. The molecule has 0 aliphatic carbocycles. The Morgan fingerprint density at radius 3 is 1.20 bits per heavy atom. The maximum absolute atomic E-state index is 12.4. The predicted molar refractivity (Wildman–Crippen MR) is 183 cm³/mol. The van der Waals surface area contributed by atoms with Gasteiger partial charge in [0, 0.05) is 11.6 Å². The fraction of sp³-hybridized carbons (Fsp3) is 0.895. The van der Waals surface area contributed by atoms with Gasteiger partial charge in [0.05, 0.1) is 6.61 Å². The molecule has 2 N–H and O–H groups in total. The number of unbranched alkanes of at least 4 members (excludes halogenated alkanes) is 26. The van der Waals surface area contributed by atoms with Gasteiger partial charge in [-0.05, 0) is 19.3 Å². The highest BCUT2D eigenvalue weighted by atomic mass is 16.6. The fourth-order valence-corrected chi connectivity index (χ4v) is 5.64. The summed E-state index contributed by atoms with van der Waals surface area (Å²) in [7, 11) is 0. The highest BCUT2D eigenvalue weighted by molar-refractivity contribution is 5.96. The molecule has 260 valence electrons. The van der Waals surface area contributed by atoms with Crippen LogP contribution in [0.25, 0.3) is 0 Å². The highest BCUT2D eigenvalue weighted by Crippen LogP contribution is 2.17. The van der Waals surface area contributed by atoms with Gasteiger partial charge in [0.15, 0.2) is 6.29 Å². The van der Waals surface area contributed by atoms with Crippen molar-refractivity contribution in [2.75, 3.05) is 13.2 Å². The zero-order valence-electron chi connectivity index (χ0n) is 29.1. The Balaban J connectivity index is 4.00. The molecule has 0 atom stereocenters. The molecule has 6 heteroatoms. The Bertz CT molecular complexity index is 660. The standard InChI is InChI=1S/C38H72O6/c1-3-5-7-9-11-13-15-17-19-21-23-25-27-29-31-35(38(42)44-34-36(39)40)33-37(41)43-32-30-28-26-24-22-20-18-16-14-12-10-8-6-4-2/h33,36,39-40H,3-32,34H2,1-2H3/b35-33-. The third-order valence-corrected chi connectivity index (χ3v) is 8.46. The van der Waals surface area contributed by atoms with Gasteiger partial charge in [0.25, 0.3) is 0 Å². The summed E-state index contributed by atoms with van der Waals surface area (Å²) in [4.78, 5) is 24.8. The molecule has 0 aromatic rings. The molecule has 0 radical (unpaired) electrons. The minimum atomic E-state index is -1.73. The zero-order chi connectivity index (χ0) is 32.4. The van der Waals surface area contributed by atoms with Crippen LogP contribution in [0.5, 0.6) is 0 Å². The smallest absolute Gasteiger partial charge is 0.334 e. The van der Waals surface area contributed by atoms with E-state index in [1.54, 1.807) is 0 Å². The van der Waals surface area contributed by atoms with Gasteiger partial charge >= 0.3 is 11.9 Å². The molecule has 0 aromatic carbocycles. The minimum absolute atomic E-state index is 0.246. The van der Waals surface area contributed by atoms with Crippen molar-refractivity contribution in [1.82, 2.24) is 0 Å². The SMILES string of the molecule is CCCCCCCCCCCCCCCCOC(=O)/C=C(/CCCCCCCCCCCCCCCC)C(=O)OCC(O)O. The van der Waals surface area contributed by atoms with Crippen molar-refractivity contribution in [3.05, 3.63) is 11.6 Å². The number of aliphatic hydroxyl groups is 2. The van der Waals surface area contributed by atoms with Crippen molar-refractivity contribution < 1.29 is 29.3 Å². The lowest BCUT2D eigenvalue weighted by molar-refractivity contribution is -0.152. The maximum atomic E-state index is 12.4. The second kappa shape index (κ2) is 34.5. The lowest BCUT2D eigenvalue weighted by atomic mass is 10.0. The van der Waals surface area contributed by atoms with Crippen LogP contribution in [0.15, 0.2) is 11.6 Å². The van der Waals surface area contributed by atoms with E-state index in [4.69, 9.17) is 19.7 Å². The van der Waals surface area contributed by atoms with Crippen LogP contribution in [0.1, 0.15) is 200 Å². The van der Waals surface area contributed by atoms with E-state index in [-0.39, 0.29) is 5.57 Å². The van der Waals surface area contributed by atoms with Crippen LogP contribution in [-0.4, -0.2) is 41.7 Å². The quantitative estimate of drug-likeness (QED) is 0.0320.